The summed E-state index contributed by atoms with van der Waals surface area (Å²) in [7, 11) is 1.61. The van der Waals surface area contributed by atoms with Crippen molar-refractivity contribution < 1.29 is 9.53 Å². The maximum absolute atomic E-state index is 12.7. The lowest BCUT2D eigenvalue weighted by atomic mass is 10.1. The number of thiazole rings is 1. The van der Waals surface area contributed by atoms with Gasteiger partial charge in [-0.2, -0.15) is 0 Å². The molecule has 8 nitrogen and oxygen atoms in total. The maximum Gasteiger partial charge on any atom is 0.323 e. The van der Waals surface area contributed by atoms with E-state index in [0.717, 1.165) is 26.5 Å². The van der Waals surface area contributed by atoms with Crippen LogP contribution in [0.1, 0.15) is 23.6 Å². The highest BCUT2D eigenvalue weighted by Crippen LogP contribution is 2.34. The Morgan fingerprint density at radius 2 is 2.03 bits per heavy atom. The Hall–Kier alpha value is -3.14. The van der Waals surface area contributed by atoms with E-state index in [1.165, 1.54) is 11.3 Å². The Morgan fingerprint density at radius 1 is 1.19 bits per heavy atom. The number of anilines is 2. The second kappa shape index (κ2) is 8.93. The molecule has 1 atom stereocenters. The Bertz CT molecular complexity index is 1250. The molecule has 0 fully saturated rings. The second-order valence-corrected chi connectivity index (χ2v) is 8.30. The maximum atomic E-state index is 12.7. The molecule has 10 heteroatoms. The zero-order chi connectivity index (χ0) is 22.0. The van der Waals surface area contributed by atoms with Gasteiger partial charge in [0.15, 0.2) is 0 Å². The molecule has 1 aromatic carbocycles. The number of carbonyl (C=O) groups excluding carboxylic acids is 1. The molecule has 3 aromatic heterocycles. The van der Waals surface area contributed by atoms with Crippen LogP contribution in [0.4, 0.5) is 16.2 Å². The van der Waals surface area contributed by atoms with Crippen LogP contribution < -0.4 is 10.6 Å². The standard InChI is InChI=1S/C21H19ClN6O2S/c1-11(30-3)18-17(10-25-20-19(18)26-12(2)31-20)28-21(29)27-13-4-5-14(15(22)8-13)16-9-23-6-7-24-16/h4-11H,1-3H3,(H2,27,28,29)/t11-/m1/s1. The number of ether oxygens (including phenoxy) is 1. The summed E-state index contributed by atoms with van der Waals surface area (Å²) in [6.07, 6.45) is 6.16. The van der Waals surface area contributed by atoms with Crippen molar-refractivity contribution in [3.63, 3.8) is 0 Å². The summed E-state index contributed by atoms with van der Waals surface area (Å²) in [6, 6.07) is 4.77. The zero-order valence-electron chi connectivity index (χ0n) is 17.0. The Labute approximate surface area is 187 Å². The van der Waals surface area contributed by atoms with E-state index in [1.807, 2.05) is 13.8 Å². The fourth-order valence-electron chi connectivity index (χ4n) is 3.15. The largest absolute Gasteiger partial charge is 0.377 e. The van der Waals surface area contributed by atoms with Crippen LogP contribution in [0.15, 0.2) is 43.0 Å². The Balaban J connectivity index is 1.56. The molecule has 4 rings (SSSR count). The predicted octanol–water partition coefficient (Wildman–Crippen LogP) is 5.46. The quantitative estimate of drug-likeness (QED) is 0.415. The summed E-state index contributed by atoms with van der Waals surface area (Å²) in [5, 5.41) is 6.99. The molecule has 0 radical (unpaired) electrons. The molecule has 0 unspecified atom stereocenters. The Kier molecular flexibility index (Phi) is 6.08. The van der Waals surface area contributed by atoms with Crippen molar-refractivity contribution in [1.82, 2.24) is 19.9 Å². The summed E-state index contributed by atoms with van der Waals surface area (Å²) in [5.74, 6) is 0. The molecular weight excluding hydrogens is 436 g/mol. The number of benzene rings is 1. The van der Waals surface area contributed by atoms with Gasteiger partial charge in [0.05, 0.1) is 39.9 Å². The van der Waals surface area contributed by atoms with E-state index in [-0.39, 0.29) is 6.10 Å². The third-order valence-corrected chi connectivity index (χ3v) is 5.84. The number of fused-ring (bicyclic) bond motifs is 1. The lowest BCUT2D eigenvalue weighted by Gasteiger charge is -2.16. The highest BCUT2D eigenvalue weighted by molar-refractivity contribution is 7.18. The number of amides is 2. The number of aromatic nitrogens is 4. The summed E-state index contributed by atoms with van der Waals surface area (Å²) < 4.78 is 5.50. The van der Waals surface area contributed by atoms with Gasteiger partial charge in [0, 0.05) is 36.3 Å². The third-order valence-electron chi connectivity index (χ3n) is 4.65. The van der Waals surface area contributed by atoms with Crippen LogP contribution in [0.5, 0.6) is 0 Å². The first-order valence-electron chi connectivity index (χ1n) is 9.39. The molecule has 0 aliphatic carbocycles. The summed E-state index contributed by atoms with van der Waals surface area (Å²) in [6.45, 7) is 3.82. The molecule has 31 heavy (non-hydrogen) atoms. The molecule has 0 aliphatic heterocycles. The van der Waals surface area contributed by atoms with Crippen LogP contribution in [0.25, 0.3) is 21.6 Å². The Morgan fingerprint density at radius 3 is 2.74 bits per heavy atom. The van der Waals surface area contributed by atoms with Gasteiger partial charge in [0.25, 0.3) is 0 Å². The van der Waals surface area contributed by atoms with Crippen LogP contribution >= 0.6 is 22.9 Å². The summed E-state index contributed by atoms with van der Waals surface area (Å²) in [5.41, 5.74) is 3.96. The molecule has 0 aliphatic rings. The average Bonchev–Trinajstić information content (AvgIpc) is 3.14. The minimum absolute atomic E-state index is 0.275. The lowest BCUT2D eigenvalue weighted by molar-refractivity contribution is 0.121. The number of hydrogen-bond acceptors (Lipinski definition) is 7. The molecule has 4 aromatic rings. The SMILES string of the molecule is CO[C@H](C)c1c(NC(=O)Nc2ccc(-c3cnccn3)c(Cl)c2)cnc2sc(C)nc12. The fraction of sp³-hybridized carbons (Fsp3) is 0.190. The van der Waals surface area contributed by atoms with E-state index in [2.05, 4.69) is 30.6 Å². The van der Waals surface area contributed by atoms with Gasteiger partial charge in [-0.15, -0.1) is 0 Å². The van der Waals surface area contributed by atoms with Crippen molar-refractivity contribution in [2.24, 2.45) is 0 Å². The molecule has 0 saturated carbocycles. The number of methoxy groups -OCH3 is 1. The van der Waals surface area contributed by atoms with Gasteiger partial charge in [0.2, 0.25) is 0 Å². The van der Waals surface area contributed by atoms with Crippen LogP contribution in [0.2, 0.25) is 5.02 Å². The van der Waals surface area contributed by atoms with E-state index >= 15 is 0 Å². The van der Waals surface area contributed by atoms with Gasteiger partial charge in [0.1, 0.15) is 10.3 Å². The second-order valence-electron chi connectivity index (χ2n) is 6.71. The van der Waals surface area contributed by atoms with Gasteiger partial charge in [-0.3, -0.25) is 9.97 Å². The molecule has 0 saturated heterocycles. The van der Waals surface area contributed by atoms with E-state index in [4.69, 9.17) is 16.3 Å². The van der Waals surface area contributed by atoms with E-state index in [1.54, 1.807) is 50.1 Å². The number of rotatable bonds is 5. The summed E-state index contributed by atoms with van der Waals surface area (Å²) in [4.78, 5) is 30.8. The third kappa shape index (κ3) is 4.48. The number of nitrogens with zero attached hydrogens (tertiary/aromatic N) is 4. The summed E-state index contributed by atoms with van der Waals surface area (Å²) >= 11 is 7.88. The lowest BCUT2D eigenvalue weighted by Crippen LogP contribution is -2.21. The van der Waals surface area contributed by atoms with Crippen molar-refractivity contribution in [3.8, 4) is 11.3 Å². The molecular formula is C21H19ClN6O2S. The number of nitrogens with one attached hydrogen (secondary N) is 2. The fourth-order valence-corrected chi connectivity index (χ4v) is 4.20. The molecule has 3 heterocycles. The average molecular weight is 455 g/mol. The van der Waals surface area contributed by atoms with Gasteiger partial charge < -0.3 is 15.4 Å². The molecule has 158 valence electrons. The zero-order valence-corrected chi connectivity index (χ0v) is 18.6. The first kappa shape index (κ1) is 21.1. The van der Waals surface area contributed by atoms with E-state index in [9.17, 15) is 4.79 Å². The van der Waals surface area contributed by atoms with Crippen molar-refractivity contribution in [2.45, 2.75) is 20.0 Å². The molecule has 0 bridgehead atoms. The molecule has 2 N–H and O–H groups in total. The number of carbonyl (C=O) groups is 1. The van der Waals surface area contributed by atoms with E-state index in [0.29, 0.717) is 22.1 Å². The smallest absolute Gasteiger partial charge is 0.323 e. The molecule has 0 spiro atoms. The van der Waals surface area contributed by atoms with Crippen LogP contribution in [0, 0.1) is 6.92 Å². The van der Waals surface area contributed by atoms with E-state index < -0.39 is 6.03 Å². The monoisotopic (exact) mass is 454 g/mol. The highest BCUT2D eigenvalue weighted by atomic mass is 35.5. The molecule has 2 amide bonds. The minimum atomic E-state index is -0.430. The van der Waals surface area contributed by atoms with Gasteiger partial charge in [-0.25, -0.2) is 14.8 Å². The minimum Gasteiger partial charge on any atom is -0.377 e. The normalized spacial score (nSPS) is 12.0. The first-order valence-corrected chi connectivity index (χ1v) is 10.6. The predicted molar refractivity (Wildman–Crippen MR) is 123 cm³/mol. The number of hydrogen-bond donors (Lipinski definition) is 2. The van der Waals surface area contributed by atoms with Gasteiger partial charge in [-0.05, 0) is 32.0 Å². The number of halogens is 1. The van der Waals surface area contributed by atoms with Crippen LogP contribution in [0.3, 0.4) is 0 Å². The number of pyridine rings is 1. The van der Waals surface area contributed by atoms with Crippen molar-refractivity contribution in [3.05, 3.63) is 58.6 Å². The van der Waals surface area contributed by atoms with Crippen molar-refractivity contribution in [1.29, 1.82) is 0 Å². The van der Waals surface area contributed by atoms with Crippen LogP contribution in [-0.2, 0) is 4.74 Å². The number of urea groups is 1. The topological polar surface area (TPSA) is 102 Å². The first-order chi connectivity index (χ1) is 15.0. The van der Waals surface area contributed by atoms with Crippen molar-refractivity contribution in [2.75, 3.05) is 17.7 Å². The van der Waals surface area contributed by atoms with Gasteiger partial charge in [-0.1, -0.05) is 22.9 Å². The highest BCUT2D eigenvalue weighted by Gasteiger charge is 2.20. The van der Waals surface area contributed by atoms with Crippen molar-refractivity contribution >= 4 is 50.7 Å². The number of aryl methyl sites for hydroxylation is 1. The van der Waals surface area contributed by atoms with Gasteiger partial charge >= 0.3 is 6.03 Å². The van der Waals surface area contributed by atoms with Crippen LogP contribution in [-0.4, -0.2) is 33.1 Å².